The molecule has 12 heteroatoms. The SMILES string of the molecule is CC[C@H](C)[C@H](CC(C)=O)C(=O)N(CO)[C@H](C[C@@H](OC(C)=O)c1nc(C(=O)N[C@@H](Cc2ccccc2)C[C@H](C)C(=O)O)cs1)C(C)C. The van der Waals surface area contributed by atoms with E-state index in [1.165, 1.54) is 18.7 Å². The first kappa shape index (κ1) is 38.5. The van der Waals surface area contributed by atoms with Gasteiger partial charge in [0.05, 0.1) is 5.92 Å². The van der Waals surface area contributed by atoms with Crippen LogP contribution in [0.3, 0.4) is 0 Å². The van der Waals surface area contributed by atoms with Gasteiger partial charge in [-0.1, -0.05) is 71.4 Å². The summed E-state index contributed by atoms with van der Waals surface area (Å²) in [7, 11) is 0. The molecular formula is C34H49N3O8S. The highest BCUT2D eigenvalue weighted by atomic mass is 32.1. The van der Waals surface area contributed by atoms with Crippen LogP contribution in [0.25, 0.3) is 0 Å². The Hall–Kier alpha value is -3.64. The standard InChI is InChI=1S/C34H49N3O8S/c1-8-21(4)27(15-23(6)39)33(42)37(19-38)29(20(2)3)17-30(45-24(7)40)32-36-28(18-46-32)31(41)35-26(14-22(5)34(43)44)16-25-12-10-9-11-13-25/h9-13,18,20-22,26-27,29-30,38H,8,14-17,19H2,1-7H3,(H,35,41)(H,43,44)/t21-,22-,26+,27-,29+,30+/m0/s1. The Kier molecular flexibility index (Phi) is 15.5. The van der Waals surface area contributed by atoms with Crippen molar-refractivity contribution in [1.82, 2.24) is 15.2 Å². The third kappa shape index (κ3) is 11.6. The van der Waals surface area contributed by atoms with Crippen molar-refractivity contribution in [2.75, 3.05) is 6.73 Å². The Morgan fingerprint density at radius 1 is 1.02 bits per heavy atom. The largest absolute Gasteiger partial charge is 0.481 e. The van der Waals surface area contributed by atoms with Gasteiger partial charge in [-0.25, -0.2) is 4.98 Å². The molecule has 0 radical (unpaired) electrons. The molecule has 0 aliphatic rings. The molecule has 0 spiro atoms. The van der Waals surface area contributed by atoms with Gasteiger partial charge >= 0.3 is 11.9 Å². The van der Waals surface area contributed by atoms with Crippen LogP contribution < -0.4 is 5.32 Å². The predicted octanol–water partition coefficient (Wildman–Crippen LogP) is 5.03. The lowest BCUT2D eigenvalue weighted by atomic mass is 9.85. The molecule has 0 saturated heterocycles. The van der Waals surface area contributed by atoms with Crippen LogP contribution in [0.5, 0.6) is 0 Å². The first-order valence-corrected chi connectivity index (χ1v) is 16.7. The number of ketones is 1. The summed E-state index contributed by atoms with van der Waals surface area (Å²) in [5.41, 5.74) is 1.04. The number of aromatic nitrogens is 1. The number of hydrogen-bond donors (Lipinski definition) is 3. The highest BCUT2D eigenvalue weighted by Gasteiger charge is 2.37. The van der Waals surface area contributed by atoms with Crippen molar-refractivity contribution in [3.63, 3.8) is 0 Å². The summed E-state index contributed by atoms with van der Waals surface area (Å²) in [4.78, 5) is 68.7. The smallest absolute Gasteiger partial charge is 0.306 e. The minimum Gasteiger partial charge on any atom is -0.481 e. The maximum absolute atomic E-state index is 13.7. The van der Waals surface area contributed by atoms with E-state index in [0.29, 0.717) is 17.8 Å². The molecule has 3 N–H and O–H groups in total. The topological polar surface area (TPSA) is 163 Å². The summed E-state index contributed by atoms with van der Waals surface area (Å²) in [6.07, 6.45) is 0.574. The quantitative estimate of drug-likeness (QED) is 0.139. The fourth-order valence-electron chi connectivity index (χ4n) is 5.47. The van der Waals surface area contributed by atoms with Crippen molar-refractivity contribution in [3.05, 3.63) is 52.0 Å². The molecule has 2 aromatic rings. The van der Waals surface area contributed by atoms with Crippen LogP contribution in [-0.4, -0.2) is 68.4 Å². The highest BCUT2D eigenvalue weighted by Crippen LogP contribution is 2.32. The molecular weight excluding hydrogens is 610 g/mol. The molecule has 2 amide bonds. The van der Waals surface area contributed by atoms with Crippen LogP contribution in [-0.2, 0) is 30.3 Å². The molecule has 254 valence electrons. The zero-order valence-corrected chi connectivity index (χ0v) is 28.7. The number of carbonyl (C=O) groups excluding carboxylic acids is 4. The highest BCUT2D eigenvalue weighted by molar-refractivity contribution is 7.09. The van der Waals surface area contributed by atoms with Crippen LogP contribution in [0.15, 0.2) is 35.7 Å². The molecule has 0 aliphatic carbocycles. The van der Waals surface area contributed by atoms with Crippen molar-refractivity contribution < 1.29 is 38.9 Å². The number of rotatable bonds is 19. The number of carboxylic acids is 1. The third-order valence-electron chi connectivity index (χ3n) is 8.27. The van der Waals surface area contributed by atoms with Gasteiger partial charge in [-0.05, 0) is 37.2 Å². The van der Waals surface area contributed by atoms with Crippen molar-refractivity contribution >= 4 is 40.9 Å². The zero-order valence-electron chi connectivity index (χ0n) is 27.9. The van der Waals surface area contributed by atoms with Gasteiger partial charge in [0.15, 0.2) is 6.10 Å². The number of benzene rings is 1. The first-order chi connectivity index (χ1) is 21.7. The number of carbonyl (C=O) groups is 5. The summed E-state index contributed by atoms with van der Waals surface area (Å²) in [6, 6.07) is 8.40. The number of esters is 1. The van der Waals surface area contributed by atoms with Gasteiger partial charge in [0.25, 0.3) is 5.91 Å². The average Bonchev–Trinajstić information content (AvgIpc) is 3.49. The van der Waals surface area contributed by atoms with Gasteiger partial charge in [0.1, 0.15) is 23.2 Å². The Morgan fingerprint density at radius 2 is 1.67 bits per heavy atom. The Labute approximate surface area is 275 Å². The number of aliphatic hydroxyl groups excluding tert-OH is 1. The second kappa shape index (κ2) is 18.5. The molecule has 1 aromatic carbocycles. The summed E-state index contributed by atoms with van der Waals surface area (Å²) in [5, 5.41) is 24.7. The fourth-order valence-corrected chi connectivity index (χ4v) is 6.31. The summed E-state index contributed by atoms with van der Waals surface area (Å²) in [6.45, 7) is 11.3. The number of nitrogens with zero attached hydrogens (tertiary/aromatic N) is 2. The van der Waals surface area contributed by atoms with E-state index in [4.69, 9.17) is 4.74 Å². The van der Waals surface area contributed by atoms with E-state index in [9.17, 15) is 34.2 Å². The average molecular weight is 660 g/mol. The monoisotopic (exact) mass is 659 g/mol. The molecule has 6 atom stereocenters. The van der Waals surface area contributed by atoms with E-state index >= 15 is 0 Å². The number of amides is 2. The second-order valence-corrected chi connectivity index (χ2v) is 13.3. The molecule has 0 fully saturated rings. The molecule has 2 rings (SSSR count). The van der Waals surface area contributed by atoms with E-state index < -0.39 is 54.6 Å². The van der Waals surface area contributed by atoms with Gasteiger partial charge in [0, 0.05) is 43.1 Å². The number of aliphatic carboxylic acids is 1. The van der Waals surface area contributed by atoms with E-state index in [0.717, 1.165) is 16.9 Å². The molecule has 1 heterocycles. The first-order valence-electron chi connectivity index (χ1n) is 15.8. The lowest BCUT2D eigenvalue weighted by Crippen LogP contribution is -2.48. The van der Waals surface area contributed by atoms with E-state index in [1.54, 1.807) is 12.3 Å². The molecule has 1 aromatic heterocycles. The molecule has 0 saturated carbocycles. The van der Waals surface area contributed by atoms with E-state index in [1.807, 2.05) is 58.0 Å². The Balaban J connectivity index is 2.35. The van der Waals surface area contributed by atoms with Crippen LogP contribution >= 0.6 is 11.3 Å². The number of carboxylic acid groups (broad SMARTS) is 1. The van der Waals surface area contributed by atoms with Gasteiger partial charge in [-0.3, -0.25) is 19.2 Å². The summed E-state index contributed by atoms with van der Waals surface area (Å²) < 4.78 is 5.66. The number of Topliss-reactive ketones (excluding diaryl/α,β-unsaturated/α-hetero) is 1. The molecule has 46 heavy (non-hydrogen) atoms. The van der Waals surface area contributed by atoms with E-state index in [2.05, 4.69) is 10.3 Å². The molecule has 11 nitrogen and oxygen atoms in total. The van der Waals surface area contributed by atoms with Gasteiger partial charge < -0.3 is 30.0 Å². The van der Waals surface area contributed by atoms with Crippen LogP contribution in [0.2, 0.25) is 0 Å². The molecule has 0 unspecified atom stereocenters. The number of aliphatic hydroxyl groups is 1. The second-order valence-electron chi connectivity index (χ2n) is 12.4. The number of hydrogen-bond acceptors (Lipinski definition) is 9. The Bertz CT molecular complexity index is 1310. The van der Waals surface area contributed by atoms with Crippen LogP contribution in [0.4, 0.5) is 0 Å². The predicted molar refractivity (Wildman–Crippen MR) is 175 cm³/mol. The van der Waals surface area contributed by atoms with Gasteiger partial charge in [-0.2, -0.15) is 0 Å². The van der Waals surface area contributed by atoms with E-state index in [-0.39, 0.29) is 48.5 Å². The molecule has 0 aliphatic heterocycles. The molecule has 0 bridgehead atoms. The fraction of sp³-hybridized carbons (Fsp3) is 0.588. The number of thiazole rings is 1. The minimum atomic E-state index is -0.959. The number of nitrogens with one attached hydrogen (secondary N) is 1. The van der Waals surface area contributed by atoms with Crippen LogP contribution in [0, 0.1) is 23.7 Å². The van der Waals surface area contributed by atoms with Gasteiger partial charge in [0.2, 0.25) is 5.91 Å². The Morgan fingerprint density at radius 3 is 2.20 bits per heavy atom. The van der Waals surface area contributed by atoms with Gasteiger partial charge in [-0.15, -0.1) is 11.3 Å². The third-order valence-corrected chi connectivity index (χ3v) is 9.21. The normalized spacial score (nSPS) is 15.2. The number of ether oxygens (including phenoxy) is 1. The maximum atomic E-state index is 13.7. The lowest BCUT2D eigenvalue weighted by Gasteiger charge is -2.37. The zero-order chi connectivity index (χ0) is 34.6. The summed E-state index contributed by atoms with van der Waals surface area (Å²) in [5.74, 6) is -4.03. The van der Waals surface area contributed by atoms with Crippen molar-refractivity contribution in [2.45, 2.75) is 98.8 Å². The maximum Gasteiger partial charge on any atom is 0.306 e. The van der Waals surface area contributed by atoms with Crippen molar-refractivity contribution in [3.8, 4) is 0 Å². The van der Waals surface area contributed by atoms with Crippen LogP contribution in [0.1, 0.15) is 101 Å². The lowest BCUT2D eigenvalue weighted by molar-refractivity contribution is -0.152. The van der Waals surface area contributed by atoms with Crippen molar-refractivity contribution in [1.29, 1.82) is 0 Å². The summed E-state index contributed by atoms with van der Waals surface area (Å²) >= 11 is 1.13. The minimum absolute atomic E-state index is 0.0595. The van der Waals surface area contributed by atoms with Crippen molar-refractivity contribution in [2.24, 2.45) is 23.7 Å².